The maximum absolute atomic E-state index is 12.5. The van der Waals surface area contributed by atoms with E-state index in [0.717, 1.165) is 25.2 Å². The SMILES string of the molecule is CCS(=O)(=O)N1CCN(Cc2ccc(C(=O)N3CCOCC3)cc2)CC1. The second kappa shape index (κ2) is 8.47. The first-order valence-electron chi connectivity index (χ1n) is 9.16. The summed E-state index contributed by atoms with van der Waals surface area (Å²) in [7, 11) is -3.09. The average Bonchev–Trinajstić information content (AvgIpc) is 2.69. The molecule has 0 atom stereocenters. The van der Waals surface area contributed by atoms with Crippen LogP contribution in [0.5, 0.6) is 0 Å². The van der Waals surface area contributed by atoms with E-state index >= 15 is 0 Å². The predicted octanol–water partition coefficient (Wildman–Crippen LogP) is 0.626. The zero-order valence-corrected chi connectivity index (χ0v) is 16.1. The molecule has 2 saturated heterocycles. The minimum Gasteiger partial charge on any atom is -0.378 e. The van der Waals surface area contributed by atoms with Crippen molar-refractivity contribution in [2.75, 3.05) is 58.2 Å². The molecule has 3 rings (SSSR count). The van der Waals surface area contributed by atoms with Gasteiger partial charge in [-0.15, -0.1) is 0 Å². The Bertz CT molecular complexity index is 706. The van der Waals surface area contributed by atoms with E-state index < -0.39 is 10.0 Å². The topological polar surface area (TPSA) is 70.2 Å². The standard InChI is InChI=1S/C18H27N3O4S/c1-2-26(23,24)21-9-7-19(8-10-21)15-16-3-5-17(6-4-16)18(22)20-11-13-25-14-12-20/h3-6H,2,7-15H2,1H3. The lowest BCUT2D eigenvalue weighted by Crippen LogP contribution is -2.48. The zero-order valence-electron chi connectivity index (χ0n) is 15.3. The third-order valence-corrected chi connectivity index (χ3v) is 6.88. The molecule has 0 saturated carbocycles. The summed E-state index contributed by atoms with van der Waals surface area (Å²) in [5, 5.41) is 0. The van der Waals surface area contributed by atoms with Crippen LogP contribution < -0.4 is 0 Å². The summed E-state index contributed by atoms with van der Waals surface area (Å²) in [6, 6.07) is 7.74. The van der Waals surface area contributed by atoms with E-state index in [1.54, 1.807) is 11.2 Å². The van der Waals surface area contributed by atoms with Crippen LogP contribution in [0.15, 0.2) is 24.3 Å². The molecule has 0 aromatic heterocycles. The fourth-order valence-corrected chi connectivity index (χ4v) is 4.39. The summed E-state index contributed by atoms with van der Waals surface area (Å²) in [5.74, 6) is 0.212. The van der Waals surface area contributed by atoms with E-state index in [1.807, 2.05) is 29.2 Å². The molecule has 8 heteroatoms. The molecule has 1 aromatic rings. The Morgan fingerprint density at radius 3 is 2.19 bits per heavy atom. The van der Waals surface area contributed by atoms with Crippen LogP contribution in [0.1, 0.15) is 22.8 Å². The highest BCUT2D eigenvalue weighted by atomic mass is 32.2. The highest BCUT2D eigenvalue weighted by Crippen LogP contribution is 2.14. The number of nitrogens with zero attached hydrogens (tertiary/aromatic N) is 3. The summed E-state index contributed by atoms with van der Waals surface area (Å²) >= 11 is 0. The number of rotatable bonds is 5. The quantitative estimate of drug-likeness (QED) is 0.748. The second-order valence-corrected chi connectivity index (χ2v) is 8.93. The van der Waals surface area contributed by atoms with Gasteiger partial charge in [0.15, 0.2) is 0 Å². The smallest absolute Gasteiger partial charge is 0.254 e. The molecule has 0 radical (unpaired) electrons. The molecule has 2 heterocycles. The molecule has 144 valence electrons. The molecule has 0 bridgehead atoms. The largest absolute Gasteiger partial charge is 0.378 e. The number of ether oxygens (including phenoxy) is 1. The van der Waals surface area contributed by atoms with Gasteiger partial charge >= 0.3 is 0 Å². The van der Waals surface area contributed by atoms with Crippen molar-refractivity contribution < 1.29 is 17.9 Å². The van der Waals surface area contributed by atoms with Crippen LogP contribution in [-0.2, 0) is 21.3 Å². The molecular formula is C18H27N3O4S. The Morgan fingerprint density at radius 1 is 1.00 bits per heavy atom. The maximum Gasteiger partial charge on any atom is 0.254 e. The van der Waals surface area contributed by atoms with Crippen LogP contribution in [0.3, 0.4) is 0 Å². The predicted molar refractivity (Wildman–Crippen MR) is 99.5 cm³/mol. The Labute approximate surface area is 155 Å². The molecule has 2 aliphatic rings. The normalized spacial score (nSPS) is 20.3. The van der Waals surface area contributed by atoms with Crippen molar-refractivity contribution in [2.45, 2.75) is 13.5 Å². The highest BCUT2D eigenvalue weighted by Gasteiger charge is 2.25. The minimum atomic E-state index is -3.09. The molecule has 0 aliphatic carbocycles. The van der Waals surface area contributed by atoms with E-state index in [-0.39, 0.29) is 11.7 Å². The van der Waals surface area contributed by atoms with Crippen molar-refractivity contribution in [3.63, 3.8) is 0 Å². The van der Waals surface area contributed by atoms with Gasteiger partial charge in [-0.3, -0.25) is 9.69 Å². The number of carbonyl (C=O) groups excluding carboxylic acids is 1. The summed E-state index contributed by atoms with van der Waals surface area (Å²) in [6.45, 7) is 7.49. The lowest BCUT2D eigenvalue weighted by atomic mass is 10.1. The number of hydrogen-bond donors (Lipinski definition) is 0. The number of hydrogen-bond acceptors (Lipinski definition) is 5. The van der Waals surface area contributed by atoms with Gasteiger partial charge < -0.3 is 9.64 Å². The average molecular weight is 381 g/mol. The molecule has 0 unspecified atom stereocenters. The first-order chi connectivity index (χ1) is 12.5. The summed E-state index contributed by atoms with van der Waals surface area (Å²) < 4.78 is 30.7. The van der Waals surface area contributed by atoms with Crippen LogP contribution in [0.2, 0.25) is 0 Å². The minimum absolute atomic E-state index is 0.0539. The molecule has 0 spiro atoms. The van der Waals surface area contributed by atoms with E-state index in [2.05, 4.69) is 4.90 Å². The van der Waals surface area contributed by atoms with E-state index in [9.17, 15) is 13.2 Å². The van der Waals surface area contributed by atoms with Crippen LogP contribution in [-0.4, -0.2) is 86.7 Å². The van der Waals surface area contributed by atoms with E-state index in [1.165, 1.54) is 0 Å². The zero-order chi connectivity index (χ0) is 18.6. The van der Waals surface area contributed by atoms with Crippen molar-refractivity contribution in [1.82, 2.24) is 14.1 Å². The van der Waals surface area contributed by atoms with Gasteiger partial charge in [0.2, 0.25) is 10.0 Å². The van der Waals surface area contributed by atoms with Crippen LogP contribution in [0.25, 0.3) is 0 Å². The highest BCUT2D eigenvalue weighted by molar-refractivity contribution is 7.89. The lowest BCUT2D eigenvalue weighted by molar-refractivity contribution is 0.0303. The summed E-state index contributed by atoms with van der Waals surface area (Å²) in [4.78, 5) is 16.5. The van der Waals surface area contributed by atoms with Gasteiger partial charge in [0.25, 0.3) is 5.91 Å². The number of carbonyl (C=O) groups is 1. The fraction of sp³-hybridized carbons (Fsp3) is 0.611. The third-order valence-electron chi connectivity index (χ3n) is 4.99. The monoisotopic (exact) mass is 381 g/mol. The van der Waals surface area contributed by atoms with Gasteiger partial charge in [0.05, 0.1) is 19.0 Å². The maximum atomic E-state index is 12.5. The Hall–Kier alpha value is -1.48. The number of piperazine rings is 1. The molecule has 7 nitrogen and oxygen atoms in total. The molecule has 26 heavy (non-hydrogen) atoms. The van der Waals surface area contributed by atoms with Crippen LogP contribution in [0.4, 0.5) is 0 Å². The van der Waals surface area contributed by atoms with Crippen molar-refractivity contribution in [1.29, 1.82) is 0 Å². The van der Waals surface area contributed by atoms with Gasteiger partial charge in [0.1, 0.15) is 0 Å². The van der Waals surface area contributed by atoms with Gasteiger partial charge in [-0.1, -0.05) is 12.1 Å². The first kappa shape index (κ1) is 19.3. The van der Waals surface area contributed by atoms with Gasteiger partial charge in [-0.05, 0) is 24.6 Å². The Kier molecular flexibility index (Phi) is 6.29. The first-order valence-corrected chi connectivity index (χ1v) is 10.8. The third kappa shape index (κ3) is 4.62. The second-order valence-electron chi connectivity index (χ2n) is 6.68. The molecular weight excluding hydrogens is 354 g/mol. The number of sulfonamides is 1. The van der Waals surface area contributed by atoms with Crippen molar-refractivity contribution in [3.8, 4) is 0 Å². The number of morpholine rings is 1. The van der Waals surface area contributed by atoms with Crippen LogP contribution in [0, 0.1) is 0 Å². The Morgan fingerprint density at radius 2 is 1.62 bits per heavy atom. The Balaban J connectivity index is 1.53. The van der Waals surface area contributed by atoms with Crippen molar-refractivity contribution >= 4 is 15.9 Å². The van der Waals surface area contributed by atoms with Crippen molar-refractivity contribution in [3.05, 3.63) is 35.4 Å². The molecule has 2 fully saturated rings. The lowest BCUT2D eigenvalue weighted by Gasteiger charge is -2.33. The molecule has 2 aliphatic heterocycles. The number of amides is 1. The number of benzene rings is 1. The molecule has 0 N–H and O–H groups in total. The van der Waals surface area contributed by atoms with Crippen LogP contribution >= 0.6 is 0 Å². The molecule has 1 amide bonds. The van der Waals surface area contributed by atoms with E-state index in [0.29, 0.717) is 45.0 Å². The fourth-order valence-electron chi connectivity index (χ4n) is 3.31. The van der Waals surface area contributed by atoms with Gasteiger partial charge in [-0.25, -0.2) is 8.42 Å². The van der Waals surface area contributed by atoms with Gasteiger partial charge in [0, 0.05) is 51.4 Å². The summed E-state index contributed by atoms with van der Waals surface area (Å²) in [6.07, 6.45) is 0. The van der Waals surface area contributed by atoms with Crippen molar-refractivity contribution in [2.24, 2.45) is 0 Å². The van der Waals surface area contributed by atoms with E-state index in [4.69, 9.17) is 4.74 Å². The van der Waals surface area contributed by atoms with Gasteiger partial charge in [-0.2, -0.15) is 4.31 Å². The summed E-state index contributed by atoms with van der Waals surface area (Å²) in [5.41, 5.74) is 1.84. The molecule has 1 aromatic carbocycles.